The molecule has 2 saturated heterocycles. The van der Waals surface area contributed by atoms with Crippen LogP contribution in [0.2, 0.25) is 0 Å². The van der Waals surface area contributed by atoms with E-state index in [9.17, 15) is 9.90 Å². The second-order valence-corrected chi connectivity index (χ2v) is 5.96. The van der Waals surface area contributed by atoms with Gasteiger partial charge in [0.25, 0.3) is 0 Å². The normalized spacial score (nSPS) is 30.2. The minimum absolute atomic E-state index is 0.237. The summed E-state index contributed by atoms with van der Waals surface area (Å²) in [5.41, 5.74) is -0.441. The van der Waals surface area contributed by atoms with Gasteiger partial charge < -0.3 is 14.7 Å². The van der Waals surface area contributed by atoms with Gasteiger partial charge in [-0.25, -0.2) is 4.79 Å². The molecular weight excluding hydrogens is 220 g/mol. The number of hydrogen-bond donors (Lipinski definition) is 1. The lowest BCUT2D eigenvalue weighted by atomic mass is 10.1. The molecule has 0 saturated carbocycles. The van der Waals surface area contributed by atoms with Gasteiger partial charge in [-0.15, -0.1) is 0 Å². The SMILES string of the molecule is CC(C)(C)OC(=O)N1CCN2C[C@H](O)CC2C1. The topological polar surface area (TPSA) is 53.0 Å². The molecule has 1 amide bonds. The molecule has 2 heterocycles. The number of hydrogen-bond acceptors (Lipinski definition) is 4. The Morgan fingerprint density at radius 3 is 2.65 bits per heavy atom. The van der Waals surface area contributed by atoms with Crippen molar-refractivity contribution in [2.75, 3.05) is 26.2 Å². The maximum atomic E-state index is 11.9. The Bertz CT molecular complexity index is 301. The van der Waals surface area contributed by atoms with E-state index in [2.05, 4.69) is 4.90 Å². The predicted molar refractivity (Wildman–Crippen MR) is 63.8 cm³/mol. The first-order valence-corrected chi connectivity index (χ1v) is 6.25. The van der Waals surface area contributed by atoms with Gasteiger partial charge in [-0.2, -0.15) is 0 Å². The van der Waals surface area contributed by atoms with E-state index in [0.29, 0.717) is 19.1 Å². The number of aliphatic hydroxyl groups is 1. The molecule has 2 aliphatic heterocycles. The summed E-state index contributed by atoms with van der Waals surface area (Å²) in [7, 11) is 0. The van der Waals surface area contributed by atoms with Crippen LogP contribution in [0.25, 0.3) is 0 Å². The quantitative estimate of drug-likeness (QED) is 0.678. The molecule has 0 aromatic carbocycles. The van der Waals surface area contributed by atoms with Gasteiger partial charge in [-0.1, -0.05) is 0 Å². The molecule has 0 aromatic heterocycles. The number of piperazine rings is 1. The maximum Gasteiger partial charge on any atom is 0.410 e. The average molecular weight is 242 g/mol. The molecule has 5 nitrogen and oxygen atoms in total. The lowest BCUT2D eigenvalue weighted by Gasteiger charge is -2.37. The number of carbonyl (C=O) groups is 1. The van der Waals surface area contributed by atoms with Crippen LogP contribution in [0.4, 0.5) is 4.79 Å². The summed E-state index contributed by atoms with van der Waals surface area (Å²) >= 11 is 0. The van der Waals surface area contributed by atoms with E-state index in [1.165, 1.54) is 0 Å². The van der Waals surface area contributed by atoms with Gasteiger partial charge in [0.05, 0.1) is 6.10 Å². The van der Waals surface area contributed by atoms with Crippen LogP contribution in [0.5, 0.6) is 0 Å². The first kappa shape index (κ1) is 12.6. The monoisotopic (exact) mass is 242 g/mol. The van der Waals surface area contributed by atoms with Crippen molar-refractivity contribution in [2.24, 2.45) is 0 Å². The molecular formula is C12H22N2O3. The average Bonchev–Trinajstić information content (AvgIpc) is 2.53. The molecule has 17 heavy (non-hydrogen) atoms. The van der Waals surface area contributed by atoms with Crippen LogP contribution in [0.1, 0.15) is 27.2 Å². The second-order valence-electron chi connectivity index (χ2n) is 5.96. The molecule has 0 aliphatic carbocycles. The fourth-order valence-corrected chi connectivity index (χ4v) is 2.51. The largest absolute Gasteiger partial charge is 0.444 e. The summed E-state index contributed by atoms with van der Waals surface area (Å²) in [6.45, 7) is 8.57. The molecule has 2 fully saturated rings. The van der Waals surface area contributed by atoms with Crippen LogP contribution in [0.3, 0.4) is 0 Å². The van der Waals surface area contributed by atoms with Crippen molar-refractivity contribution >= 4 is 6.09 Å². The lowest BCUT2D eigenvalue weighted by Crippen LogP contribution is -2.53. The Morgan fingerprint density at radius 1 is 1.29 bits per heavy atom. The number of carbonyl (C=O) groups excluding carboxylic acids is 1. The Kier molecular flexibility index (Phi) is 3.32. The van der Waals surface area contributed by atoms with Crippen LogP contribution in [-0.2, 0) is 4.74 Å². The van der Waals surface area contributed by atoms with E-state index in [1.54, 1.807) is 4.90 Å². The van der Waals surface area contributed by atoms with Gasteiger partial charge in [0.2, 0.25) is 0 Å². The number of ether oxygens (including phenoxy) is 1. The molecule has 1 N–H and O–H groups in total. The molecule has 0 aromatic rings. The van der Waals surface area contributed by atoms with Crippen molar-refractivity contribution in [3.8, 4) is 0 Å². The van der Waals surface area contributed by atoms with E-state index in [1.807, 2.05) is 20.8 Å². The van der Waals surface area contributed by atoms with Gasteiger partial charge in [-0.05, 0) is 27.2 Å². The number of aliphatic hydroxyl groups excluding tert-OH is 1. The highest BCUT2D eigenvalue weighted by atomic mass is 16.6. The van der Waals surface area contributed by atoms with Gasteiger partial charge in [-0.3, -0.25) is 4.90 Å². The highest BCUT2D eigenvalue weighted by Crippen LogP contribution is 2.23. The Labute approximate surface area is 102 Å². The van der Waals surface area contributed by atoms with Crippen molar-refractivity contribution in [2.45, 2.75) is 44.9 Å². The highest BCUT2D eigenvalue weighted by Gasteiger charge is 2.37. The van der Waals surface area contributed by atoms with Gasteiger partial charge >= 0.3 is 6.09 Å². The highest BCUT2D eigenvalue weighted by molar-refractivity contribution is 5.68. The van der Waals surface area contributed by atoms with E-state index in [0.717, 1.165) is 19.5 Å². The van der Waals surface area contributed by atoms with Crippen LogP contribution in [0.15, 0.2) is 0 Å². The van der Waals surface area contributed by atoms with Crippen molar-refractivity contribution in [1.82, 2.24) is 9.80 Å². The van der Waals surface area contributed by atoms with E-state index in [-0.39, 0.29) is 12.2 Å². The zero-order valence-electron chi connectivity index (χ0n) is 10.8. The molecule has 5 heteroatoms. The van der Waals surface area contributed by atoms with E-state index >= 15 is 0 Å². The van der Waals surface area contributed by atoms with Crippen molar-refractivity contribution in [3.63, 3.8) is 0 Å². The van der Waals surface area contributed by atoms with Gasteiger partial charge in [0, 0.05) is 32.2 Å². The Hall–Kier alpha value is -0.810. The molecule has 2 rings (SSSR count). The Balaban J connectivity index is 1.90. The predicted octanol–water partition coefficient (Wildman–Crippen LogP) is 0.672. The first-order valence-electron chi connectivity index (χ1n) is 6.25. The third-order valence-electron chi connectivity index (χ3n) is 3.25. The fourth-order valence-electron chi connectivity index (χ4n) is 2.51. The third-order valence-corrected chi connectivity index (χ3v) is 3.25. The third kappa shape index (κ3) is 3.10. The van der Waals surface area contributed by atoms with Gasteiger partial charge in [0.15, 0.2) is 0 Å². The van der Waals surface area contributed by atoms with Crippen LogP contribution in [0, 0.1) is 0 Å². The van der Waals surface area contributed by atoms with Crippen molar-refractivity contribution in [1.29, 1.82) is 0 Å². The zero-order chi connectivity index (χ0) is 12.6. The smallest absolute Gasteiger partial charge is 0.410 e. The number of amides is 1. The summed E-state index contributed by atoms with van der Waals surface area (Å²) in [6.07, 6.45) is 0.288. The zero-order valence-corrected chi connectivity index (χ0v) is 10.8. The summed E-state index contributed by atoms with van der Waals surface area (Å²) in [5, 5.41) is 9.59. The number of nitrogens with zero attached hydrogens (tertiary/aromatic N) is 2. The maximum absolute atomic E-state index is 11.9. The standard InChI is InChI=1S/C12H22N2O3/c1-12(2,3)17-11(16)14-5-4-13-8-10(15)6-9(13)7-14/h9-10,15H,4-8H2,1-3H3/t9?,10-/m1/s1. The number of fused-ring (bicyclic) bond motifs is 1. The van der Waals surface area contributed by atoms with Crippen LogP contribution >= 0.6 is 0 Å². The van der Waals surface area contributed by atoms with Crippen LogP contribution in [-0.4, -0.2) is 64.9 Å². The van der Waals surface area contributed by atoms with Gasteiger partial charge in [0.1, 0.15) is 5.60 Å². The first-order chi connectivity index (χ1) is 7.85. The number of rotatable bonds is 0. The molecule has 0 radical (unpaired) electrons. The molecule has 2 aliphatic rings. The lowest BCUT2D eigenvalue weighted by molar-refractivity contribution is 0.00921. The summed E-state index contributed by atoms with van der Waals surface area (Å²) < 4.78 is 5.36. The minimum Gasteiger partial charge on any atom is -0.444 e. The van der Waals surface area contributed by atoms with Crippen molar-refractivity contribution < 1.29 is 14.6 Å². The molecule has 1 unspecified atom stereocenters. The second kappa shape index (κ2) is 4.46. The summed E-state index contributed by atoms with van der Waals surface area (Å²) in [5.74, 6) is 0. The van der Waals surface area contributed by atoms with E-state index < -0.39 is 5.60 Å². The molecule has 2 atom stereocenters. The van der Waals surface area contributed by atoms with Crippen molar-refractivity contribution in [3.05, 3.63) is 0 Å². The van der Waals surface area contributed by atoms with E-state index in [4.69, 9.17) is 4.74 Å². The minimum atomic E-state index is -0.441. The Morgan fingerprint density at radius 2 is 2.00 bits per heavy atom. The fraction of sp³-hybridized carbons (Fsp3) is 0.917. The summed E-state index contributed by atoms with van der Waals surface area (Å²) in [4.78, 5) is 15.9. The summed E-state index contributed by atoms with van der Waals surface area (Å²) in [6, 6.07) is 0.297. The van der Waals surface area contributed by atoms with Crippen LogP contribution < -0.4 is 0 Å². The molecule has 98 valence electrons. The molecule has 0 bridgehead atoms. The molecule has 0 spiro atoms.